The van der Waals surface area contributed by atoms with Crippen LogP contribution in [0.25, 0.3) is 0 Å². The first-order valence-corrected chi connectivity index (χ1v) is 6.77. The molecule has 0 heterocycles. The van der Waals surface area contributed by atoms with Gasteiger partial charge in [-0.05, 0) is 31.4 Å². The van der Waals surface area contributed by atoms with Gasteiger partial charge in [0, 0.05) is 11.1 Å². The van der Waals surface area contributed by atoms with Gasteiger partial charge in [-0.3, -0.25) is 4.79 Å². The van der Waals surface area contributed by atoms with E-state index in [1.165, 1.54) is 0 Å². The van der Waals surface area contributed by atoms with Gasteiger partial charge in [0.15, 0.2) is 0 Å². The zero-order valence-corrected chi connectivity index (χ0v) is 11.3. The van der Waals surface area contributed by atoms with Crippen molar-refractivity contribution in [3.8, 4) is 0 Å². The molecule has 0 bridgehead atoms. The molecule has 0 radical (unpaired) electrons. The van der Waals surface area contributed by atoms with Crippen molar-refractivity contribution in [3.05, 3.63) is 34.9 Å². The fourth-order valence-electron chi connectivity index (χ4n) is 2.54. The van der Waals surface area contributed by atoms with E-state index in [-0.39, 0.29) is 23.9 Å². The molecule has 2 rings (SSSR count). The van der Waals surface area contributed by atoms with Gasteiger partial charge < -0.3 is 11.1 Å². The number of nitrogens with one attached hydrogen (secondary N) is 1. The average molecular weight is 267 g/mol. The largest absolute Gasteiger partial charge is 0.349 e. The molecule has 1 saturated carbocycles. The number of rotatable bonds is 3. The Morgan fingerprint density at radius 2 is 2.17 bits per heavy atom. The minimum atomic E-state index is -0.0843. The highest BCUT2D eigenvalue weighted by molar-refractivity contribution is 6.31. The third-order valence-corrected chi connectivity index (χ3v) is 3.98. The van der Waals surface area contributed by atoms with Crippen LogP contribution in [0.4, 0.5) is 0 Å². The molecule has 1 amide bonds. The minimum Gasteiger partial charge on any atom is -0.349 e. The van der Waals surface area contributed by atoms with Crippen molar-refractivity contribution < 1.29 is 4.79 Å². The van der Waals surface area contributed by atoms with Crippen molar-refractivity contribution in [2.75, 3.05) is 0 Å². The van der Waals surface area contributed by atoms with Crippen LogP contribution in [0, 0.1) is 5.92 Å². The van der Waals surface area contributed by atoms with Gasteiger partial charge in [0.1, 0.15) is 0 Å². The smallest absolute Gasteiger partial charge is 0.225 e. The summed E-state index contributed by atoms with van der Waals surface area (Å²) >= 11 is 6.11. The monoisotopic (exact) mass is 266 g/mol. The molecule has 3 unspecified atom stereocenters. The van der Waals surface area contributed by atoms with Crippen LogP contribution >= 0.6 is 11.6 Å². The number of hydrogen-bond acceptors (Lipinski definition) is 2. The van der Waals surface area contributed by atoms with Gasteiger partial charge in [-0.1, -0.05) is 36.2 Å². The molecule has 0 spiro atoms. The van der Waals surface area contributed by atoms with Crippen molar-refractivity contribution in [3.63, 3.8) is 0 Å². The van der Waals surface area contributed by atoms with Gasteiger partial charge >= 0.3 is 0 Å². The van der Waals surface area contributed by atoms with Crippen molar-refractivity contribution in [2.45, 2.75) is 38.3 Å². The maximum Gasteiger partial charge on any atom is 0.225 e. The van der Waals surface area contributed by atoms with Gasteiger partial charge in [-0.2, -0.15) is 0 Å². The summed E-state index contributed by atoms with van der Waals surface area (Å²) in [4.78, 5) is 12.1. The topological polar surface area (TPSA) is 55.1 Å². The first kappa shape index (κ1) is 13.4. The molecule has 3 atom stereocenters. The molecule has 18 heavy (non-hydrogen) atoms. The number of amides is 1. The summed E-state index contributed by atoms with van der Waals surface area (Å²) in [5.74, 6) is 0.00218. The average Bonchev–Trinajstić information content (AvgIpc) is 2.76. The van der Waals surface area contributed by atoms with Gasteiger partial charge in [0.05, 0.1) is 12.0 Å². The molecular weight excluding hydrogens is 248 g/mol. The normalized spacial score (nSPS) is 24.8. The number of hydrogen-bond donors (Lipinski definition) is 2. The molecule has 3 nitrogen and oxygen atoms in total. The second kappa shape index (κ2) is 5.72. The first-order valence-electron chi connectivity index (χ1n) is 6.40. The zero-order chi connectivity index (χ0) is 13.1. The number of carbonyl (C=O) groups excluding carboxylic acids is 1. The molecule has 98 valence electrons. The quantitative estimate of drug-likeness (QED) is 0.884. The first-order chi connectivity index (χ1) is 8.59. The maximum absolute atomic E-state index is 12.1. The highest BCUT2D eigenvalue weighted by atomic mass is 35.5. The van der Waals surface area contributed by atoms with E-state index in [4.69, 9.17) is 17.3 Å². The molecule has 4 heteroatoms. The van der Waals surface area contributed by atoms with E-state index in [1.807, 2.05) is 31.2 Å². The lowest BCUT2D eigenvalue weighted by Gasteiger charge is -2.20. The van der Waals surface area contributed by atoms with E-state index in [2.05, 4.69) is 5.32 Å². The summed E-state index contributed by atoms with van der Waals surface area (Å²) in [6.45, 7) is 1.94. The Balaban J connectivity index is 2.01. The Bertz CT molecular complexity index is 436. The van der Waals surface area contributed by atoms with Crippen molar-refractivity contribution in [2.24, 2.45) is 11.7 Å². The number of nitrogens with two attached hydrogens (primary N) is 1. The Morgan fingerprint density at radius 1 is 1.44 bits per heavy atom. The van der Waals surface area contributed by atoms with Gasteiger partial charge in [0.25, 0.3) is 0 Å². The lowest BCUT2D eigenvalue weighted by Crippen LogP contribution is -2.39. The van der Waals surface area contributed by atoms with Crippen molar-refractivity contribution in [1.82, 2.24) is 5.32 Å². The summed E-state index contributed by atoms with van der Waals surface area (Å²) in [7, 11) is 0. The van der Waals surface area contributed by atoms with Gasteiger partial charge in [0.2, 0.25) is 5.91 Å². The number of carbonyl (C=O) groups is 1. The molecular formula is C14H19ClN2O. The van der Waals surface area contributed by atoms with E-state index in [9.17, 15) is 4.79 Å². The third kappa shape index (κ3) is 2.85. The molecule has 1 aromatic carbocycles. The van der Waals surface area contributed by atoms with Crippen LogP contribution in [0.2, 0.25) is 5.02 Å². The summed E-state index contributed by atoms with van der Waals surface area (Å²) in [6, 6.07) is 7.49. The molecule has 1 aromatic rings. The highest BCUT2D eigenvalue weighted by Crippen LogP contribution is 2.26. The van der Waals surface area contributed by atoms with Gasteiger partial charge in [-0.15, -0.1) is 0 Å². The van der Waals surface area contributed by atoms with E-state index in [0.717, 1.165) is 24.8 Å². The van der Waals surface area contributed by atoms with Crippen LogP contribution in [-0.4, -0.2) is 11.9 Å². The Kier molecular flexibility index (Phi) is 4.25. The van der Waals surface area contributed by atoms with Crippen LogP contribution < -0.4 is 11.1 Å². The fourth-order valence-corrected chi connectivity index (χ4v) is 2.84. The zero-order valence-electron chi connectivity index (χ0n) is 10.5. The second-order valence-electron chi connectivity index (χ2n) is 4.95. The van der Waals surface area contributed by atoms with Crippen LogP contribution in [0.5, 0.6) is 0 Å². The highest BCUT2D eigenvalue weighted by Gasteiger charge is 2.31. The summed E-state index contributed by atoms with van der Waals surface area (Å²) in [5, 5.41) is 3.69. The van der Waals surface area contributed by atoms with E-state index < -0.39 is 0 Å². The summed E-state index contributed by atoms with van der Waals surface area (Å²) in [5.41, 5.74) is 6.88. The standard InChI is InChI=1S/C14H19ClN2O/c1-9(10-5-2-3-7-12(10)15)17-14(18)11-6-4-8-13(11)16/h2-3,5,7,9,11,13H,4,6,8,16H2,1H3,(H,17,18). The van der Waals surface area contributed by atoms with E-state index in [0.29, 0.717) is 5.02 Å². The number of benzene rings is 1. The Morgan fingerprint density at radius 3 is 2.78 bits per heavy atom. The van der Waals surface area contributed by atoms with Crippen LogP contribution in [0.3, 0.4) is 0 Å². The molecule has 1 aliphatic rings. The Labute approximate surface area is 113 Å². The van der Waals surface area contributed by atoms with Crippen LogP contribution in [0.1, 0.15) is 37.8 Å². The lowest BCUT2D eigenvalue weighted by molar-refractivity contribution is -0.125. The minimum absolute atomic E-state index is 0.00319. The molecule has 0 saturated heterocycles. The molecule has 0 aliphatic heterocycles. The maximum atomic E-state index is 12.1. The lowest BCUT2D eigenvalue weighted by atomic mass is 10.0. The summed E-state index contributed by atoms with van der Waals surface area (Å²) in [6.07, 6.45) is 2.88. The third-order valence-electron chi connectivity index (χ3n) is 3.64. The predicted octanol–water partition coefficient (Wildman–Crippen LogP) is 2.64. The summed E-state index contributed by atoms with van der Waals surface area (Å²) < 4.78 is 0. The van der Waals surface area contributed by atoms with Crippen molar-refractivity contribution in [1.29, 1.82) is 0 Å². The molecule has 1 fully saturated rings. The second-order valence-corrected chi connectivity index (χ2v) is 5.36. The molecule has 1 aliphatic carbocycles. The van der Waals surface area contributed by atoms with Crippen LogP contribution in [-0.2, 0) is 4.79 Å². The fraction of sp³-hybridized carbons (Fsp3) is 0.500. The molecule has 3 N–H and O–H groups in total. The molecule has 0 aromatic heterocycles. The number of halogens is 1. The van der Waals surface area contributed by atoms with Gasteiger partial charge in [-0.25, -0.2) is 0 Å². The van der Waals surface area contributed by atoms with E-state index in [1.54, 1.807) is 0 Å². The SMILES string of the molecule is CC(NC(=O)C1CCCC1N)c1ccccc1Cl. The van der Waals surface area contributed by atoms with Crippen LogP contribution in [0.15, 0.2) is 24.3 Å². The van der Waals surface area contributed by atoms with Crippen molar-refractivity contribution >= 4 is 17.5 Å². The van der Waals surface area contributed by atoms with E-state index >= 15 is 0 Å². The Hall–Kier alpha value is -1.06. The predicted molar refractivity (Wildman–Crippen MR) is 73.3 cm³/mol.